The Labute approximate surface area is 97.3 Å². The number of nitrogens with zero attached hydrogens (tertiary/aromatic N) is 1. The fourth-order valence-corrected chi connectivity index (χ4v) is 1.79. The summed E-state index contributed by atoms with van der Waals surface area (Å²) in [4.78, 5) is 2.06. The lowest BCUT2D eigenvalue weighted by Gasteiger charge is -2.25. The molecule has 90 valence electrons. The third-order valence-electron chi connectivity index (χ3n) is 2.29. The Kier molecular flexibility index (Phi) is 5.46. The molecule has 0 fully saturated rings. The lowest BCUT2D eigenvalue weighted by atomic mass is 10.2. The highest BCUT2D eigenvalue weighted by Gasteiger charge is 2.11. The van der Waals surface area contributed by atoms with E-state index in [0.29, 0.717) is 13.1 Å². The molecule has 0 saturated heterocycles. The van der Waals surface area contributed by atoms with E-state index in [-0.39, 0.29) is 12.2 Å². The standard InChI is InChI=1S/C13H21NO2/c1-11(15)8-14(9-12(2)16)10-13-6-4-3-5-7-13/h3-7,11-12,15-16H,8-10H2,1-2H3/t11-,12+. The van der Waals surface area contributed by atoms with E-state index in [2.05, 4.69) is 17.0 Å². The number of aliphatic hydroxyl groups is 2. The van der Waals surface area contributed by atoms with Crippen LogP contribution in [0.1, 0.15) is 19.4 Å². The molecule has 1 rings (SSSR count). The van der Waals surface area contributed by atoms with Crippen LogP contribution in [0.5, 0.6) is 0 Å². The van der Waals surface area contributed by atoms with Gasteiger partial charge in [0.15, 0.2) is 0 Å². The summed E-state index contributed by atoms with van der Waals surface area (Å²) >= 11 is 0. The van der Waals surface area contributed by atoms with Crippen molar-refractivity contribution < 1.29 is 10.2 Å². The molecule has 0 unspecified atom stereocenters. The molecule has 1 aromatic carbocycles. The lowest BCUT2D eigenvalue weighted by molar-refractivity contribution is 0.0794. The second-order valence-electron chi connectivity index (χ2n) is 4.38. The first-order chi connectivity index (χ1) is 7.58. The smallest absolute Gasteiger partial charge is 0.0639 e. The predicted octanol–water partition coefficient (Wildman–Crippen LogP) is 1.25. The van der Waals surface area contributed by atoms with Gasteiger partial charge in [0.1, 0.15) is 0 Å². The maximum absolute atomic E-state index is 9.39. The van der Waals surface area contributed by atoms with Crippen molar-refractivity contribution in [2.45, 2.75) is 32.6 Å². The van der Waals surface area contributed by atoms with Crippen LogP contribution in [0, 0.1) is 0 Å². The number of rotatable bonds is 6. The third kappa shape index (κ3) is 5.26. The average molecular weight is 223 g/mol. The molecule has 0 spiro atoms. The third-order valence-corrected chi connectivity index (χ3v) is 2.29. The van der Waals surface area contributed by atoms with Crippen LogP contribution in [-0.2, 0) is 6.54 Å². The Morgan fingerprint density at radius 1 is 1.00 bits per heavy atom. The molecule has 1 aromatic rings. The van der Waals surface area contributed by atoms with E-state index in [4.69, 9.17) is 0 Å². The van der Waals surface area contributed by atoms with E-state index in [1.807, 2.05) is 18.2 Å². The van der Waals surface area contributed by atoms with E-state index >= 15 is 0 Å². The van der Waals surface area contributed by atoms with Crippen LogP contribution in [0.4, 0.5) is 0 Å². The number of hydrogen-bond donors (Lipinski definition) is 2. The van der Waals surface area contributed by atoms with E-state index in [9.17, 15) is 10.2 Å². The molecule has 0 aliphatic carbocycles. The van der Waals surface area contributed by atoms with Gasteiger partial charge in [0, 0.05) is 19.6 Å². The summed E-state index contributed by atoms with van der Waals surface area (Å²) in [5, 5.41) is 18.8. The van der Waals surface area contributed by atoms with Crippen molar-refractivity contribution in [3.63, 3.8) is 0 Å². The van der Waals surface area contributed by atoms with E-state index in [0.717, 1.165) is 6.54 Å². The van der Waals surface area contributed by atoms with Crippen LogP contribution in [0.2, 0.25) is 0 Å². The molecular weight excluding hydrogens is 202 g/mol. The van der Waals surface area contributed by atoms with Crippen molar-refractivity contribution in [2.75, 3.05) is 13.1 Å². The van der Waals surface area contributed by atoms with Crippen molar-refractivity contribution in [3.05, 3.63) is 35.9 Å². The van der Waals surface area contributed by atoms with Gasteiger partial charge < -0.3 is 10.2 Å². The van der Waals surface area contributed by atoms with E-state index in [1.54, 1.807) is 13.8 Å². The van der Waals surface area contributed by atoms with Gasteiger partial charge in [-0.05, 0) is 19.4 Å². The molecule has 3 heteroatoms. The van der Waals surface area contributed by atoms with Crippen LogP contribution in [0.25, 0.3) is 0 Å². The Morgan fingerprint density at radius 3 is 1.94 bits per heavy atom. The molecule has 0 aliphatic rings. The number of aliphatic hydroxyl groups excluding tert-OH is 2. The first-order valence-electron chi connectivity index (χ1n) is 5.70. The molecule has 0 saturated carbocycles. The van der Waals surface area contributed by atoms with Crippen LogP contribution >= 0.6 is 0 Å². The zero-order chi connectivity index (χ0) is 12.0. The largest absolute Gasteiger partial charge is 0.392 e. The Hall–Kier alpha value is -0.900. The van der Waals surface area contributed by atoms with Crippen molar-refractivity contribution in [1.82, 2.24) is 4.90 Å². The zero-order valence-electron chi connectivity index (χ0n) is 10.0. The molecule has 0 aromatic heterocycles. The SMILES string of the molecule is C[C@H](O)CN(Cc1ccccc1)C[C@@H](C)O. The molecule has 0 aliphatic heterocycles. The molecular formula is C13H21NO2. The quantitative estimate of drug-likeness (QED) is 0.763. The summed E-state index contributed by atoms with van der Waals surface area (Å²) < 4.78 is 0. The molecule has 0 bridgehead atoms. The van der Waals surface area contributed by atoms with Crippen molar-refractivity contribution in [2.24, 2.45) is 0 Å². The van der Waals surface area contributed by atoms with E-state index in [1.165, 1.54) is 5.56 Å². The van der Waals surface area contributed by atoms with Gasteiger partial charge in [-0.1, -0.05) is 30.3 Å². The fourth-order valence-electron chi connectivity index (χ4n) is 1.79. The summed E-state index contributed by atoms with van der Waals surface area (Å²) in [7, 11) is 0. The van der Waals surface area contributed by atoms with Crippen molar-refractivity contribution in [3.8, 4) is 0 Å². The molecule has 2 atom stereocenters. The van der Waals surface area contributed by atoms with Gasteiger partial charge in [-0.2, -0.15) is 0 Å². The Morgan fingerprint density at radius 2 is 1.50 bits per heavy atom. The maximum atomic E-state index is 9.39. The van der Waals surface area contributed by atoms with Crippen LogP contribution in [0.15, 0.2) is 30.3 Å². The van der Waals surface area contributed by atoms with Crippen molar-refractivity contribution in [1.29, 1.82) is 0 Å². The van der Waals surface area contributed by atoms with Crippen LogP contribution in [-0.4, -0.2) is 40.4 Å². The monoisotopic (exact) mass is 223 g/mol. The van der Waals surface area contributed by atoms with Gasteiger partial charge >= 0.3 is 0 Å². The predicted molar refractivity (Wildman–Crippen MR) is 65.1 cm³/mol. The first-order valence-corrected chi connectivity index (χ1v) is 5.70. The fraction of sp³-hybridized carbons (Fsp3) is 0.538. The lowest BCUT2D eigenvalue weighted by Crippen LogP contribution is -2.35. The van der Waals surface area contributed by atoms with Crippen molar-refractivity contribution >= 4 is 0 Å². The minimum atomic E-state index is -0.373. The van der Waals surface area contributed by atoms with Gasteiger partial charge in [0.05, 0.1) is 12.2 Å². The molecule has 2 N–H and O–H groups in total. The normalized spacial score (nSPS) is 15.1. The van der Waals surface area contributed by atoms with Gasteiger partial charge in [-0.25, -0.2) is 0 Å². The highest BCUT2D eigenvalue weighted by molar-refractivity contribution is 5.14. The van der Waals surface area contributed by atoms with Gasteiger partial charge in [0.2, 0.25) is 0 Å². The summed E-state index contributed by atoms with van der Waals surface area (Å²) in [6.45, 7) is 5.45. The van der Waals surface area contributed by atoms with Crippen LogP contribution in [0.3, 0.4) is 0 Å². The van der Waals surface area contributed by atoms with Gasteiger partial charge in [0.25, 0.3) is 0 Å². The molecule has 3 nitrogen and oxygen atoms in total. The second kappa shape index (κ2) is 6.63. The van der Waals surface area contributed by atoms with E-state index < -0.39 is 0 Å². The average Bonchev–Trinajstić information content (AvgIpc) is 2.16. The first kappa shape index (κ1) is 13.2. The summed E-state index contributed by atoms with van der Waals surface area (Å²) in [6, 6.07) is 10.1. The summed E-state index contributed by atoms with van der Waals surface area (Å²) in [6.07, 6.45) is -0.745. The van der Waals surface area contributed by atoms with Gasteiger partial charge in [-0.3, -0.25) is 4.90 Å². The highest BCUT2D eigenvalue weighted by atomic mass is 16.3. The highest BCUT2D eigenvalue weighted by Crippen LogP contribution is 2.06. The second-order valence-corrected chi connectivity index (χ2v) is 4.38. The molecule has 0 radical (unpaired) electrons. The minimum absolute atomic E-state index is 0.373. The minimum Gasteiger partial charge on any atom is -0.392 e. The summed E-state index contributed by atoms with van der Waals surface area (Å²) in [5.74, 6) is 0. The molecule has 16 heavy (non-hydrogen) atoms. The number of benzene rings is 1. The maximum Gasteiger partial charge on any atom is 0.0639 e. The Bertz CT molecular complexity index is 275. The molecule has 0 heterocycles. The number of hydrogen-bond acceptors (Lipinski definition) is 3. The topological polar surface area (TPSA) is 43.7 Å². The molecule has 0 amide bonds. The van der Waals surface area contributed by atoms with Gasteiger partial charge in [-0.15, -0.1) is 0 Å². The summed E-state index contributed by atoms with van der Waals surface area (Å²) in [5.41, 5.74) is 1.20. The van der Waals surface area contributed by atoms with Crippen LogP contribution < -0.4 is 0 Å². The zero-order valence-corrected chi connectivity index (χ0v) is 10.0. The Balaban J connectivity index is 2.56.